The summed E-state index contributed by atoms with van der Waals surface area (Å²) < 4.78 is 5.41. The van der Waals surface area contributed by atoms with E-state index in [2.05, 4.69) is 6.92 Å². The smallest absolute Gasteiger partial charge is 0.329 e. The van der Waals surface area contributed by atoms with Crippen LogP contribution in [0.1, 0.15) is 62.9 Å². The van der Waals surface area contributed by atoms with Crippen molar-refractivity contribution in [1.29, 1.82) is 0 Å². The van der Waals surface area contributed by atoms with E-state index in [1.54, 1.807) is 16.7 Å². The number of unbranched alkanes of at least 4 members (excludes halogenated alkanes) is 1. The number of hydrogen-bond acceptors (Lipinski definition) is 4. The van der Waals surface area contributed by atoms with Crippen molar-refractivity contribution < 1.29 is 14.3 Å². The van der Waals surface area contributed by atoms with Gasteiger partial charge in [-0.1, -0.05) is 46.2 Å². The van der Waals surface area contributed by atoms with Gasteiger partial charge in [-0.2, -0.15) is 0 Å². The number of carbonyl (C=O) groups excluding carboxylic acids is 2. The third-order valence-corrected chi connectivity index (χ3v) is 5.98. The lowest BCUT2D eigenvalue weighted by atomic mass is 10.1. The third-order valence-electron chi connectivity index (χ3n) is 4.53. The second kappa shape index (κ2) is 10.0. The number of thioether (sulfide) groups is 1. The Labute approximate surface area is 161 Å². The summed E-state index contributed by atoms with van der Waals surface area (Å²) in [5, 5.41) is 0.0267. The van der Waals surface area contributed by atoms with Crippen molar-refractivity contribution in [2.24, 2.45) is 5.92 Å². The summed E-state index contributed by atoms with van der Waals surface area (Å²) in [6.07, 6.45) is 4.16. The molecule has 0 aromatic heterocycles. The van der Waals surface area contributed by atoms with Crippen LogP contribution in [0.4, 0.5) is 0 Å². The maximum absolute atomic E-state index is 13.1. The van der Waals surface area contributed by atoms with E-state index in [9.17, 15) is 9.59 Å². The first-order valence-corrected chi connectivity index (χ1v) is 10.7. The Balaban J connectivity index is 2.12. The molecule has 5 heteroatoms. The van der Waals surface area contributed by atoms with Gasteiger partial charge in [0, 0.05) is 11.3 Å². The Morgan fingerprint density at radius 2 is 1.92 bits per heavy atom. The molecule has 1 aromatic rings. The zero-order chi connectivity index (χ0) is 19.1. The Morgan fingerprint density at radius 3 is 2.50 bits per heavy atom. The Hall–Kier alpha value is -1.49. The van der Waals surface area contributed by atoms with Crippen LogP contribution in [0, 0.1) is 5.92 Å². The van der Waals surface area contributed by atoms with E-state index < -0.39 is 6.04 Å². The van der Waals surface area contributed by atoms with E-state index in [0.717, 1.165) is 25.7 Å². The molecule has 1 aliphatic heterocycles. The van der Waals surface area contributed by atoms with Crippen molar-refractivity contribution in [1.82, 2.24) is 4.90 Å². The number of carbonyl (C=O) groups is 2. The Kier molecular flexibility index (Phi) is 8.01. The molecule has 1 aliphatic rings. The largest absolute Gasteiger partial charge is 0.464 e. The molecule has 1 aromatic carbocycles. The maximum Gasteiger partial charge on any atom is 0.329 e. The van der Waals surface area contributed by atoms with Crippen molar-refractivity contribution in [2.45, 2.75) is 64.8 Å². The van der Waals surface area contributed by atoms with Gasteiger partial charge in [-0.15, -0.1) is 11.8 Å². The number of esters is 1. The predicted octanol–water partition coefficient (Wildman–Crippen LogP) is 4.52. The van der Waals surface area contributed by atoms with Crippen LogP contribution in [-0.4, -0.2) is 40.6 Å². The number of ether oxygens (including phenoxy) is 1. The predicted molar refractivity (Wildman–Crippen MR) is 107 cm³/mol. The van der Waals surface area contributed by atoms with Crippen LogP contribution in [0.25, 0.3) is 0 Å². The zero-order valence-corrected chi connectivity index (χ0v) is 17.2. The van der Waals surface area contributed by atoms with Gasteiger partial charge in [0.25, 0.3) is 5.91 Å². The standard InChI is InChI=1S/C21H31NO3S/c1-5-7-8-16-9-11-17(12-10-16)20(23)22-18(14-26-19(22)6-2)21(24)25-13-15(3)4/h9-12,15,18-19H,5-8,13-14H2,1-4H3. The maximum atomic E-state index is 13.1. The first kappa shape index (κ1) is 20.8. The van der Waals surface area contributed by atoms with E-state index in [1.165, 1.54) is 5.56 Å². The molecule has 2 unspecified atom stereocenters. The van der Waals surface area contributed by atoms with E-state index >= 15 is 0 Å². The van der Waals surface area contributed by atoms with E-state index in [4.69, 9.17) is 4.74 Å². The second-order valence-electron chi connectivity index (χ2n) is 7.25. The first-order valence-electron chi connectivity index (χ1n) is 9.67. The fraction of sp³-hybridized carbons (Fsp3) is 0.619. The summed E-state index contributed by atoms with van der Waals surface area (Å²) in [4.78, 5) is 27.3. The molecule has 0 bridgehead atoms. The lowest BCUT2D eigenvalue weighted by Gasteiger charge is -2.28. The summed E-state index contributed by atoms with van der Waals surface area (Å²) in [6.45, 7) is 8.63. The third kappa shape index (κ3) is 5.26. The number of aryl methyl sites for hydroxylation is 1. The average molecular weight is 378 g/mol. The molecule has 0 saturated carbocycles. The zero-order valence-electron chi connectivity index (χ0n) is 16.4. The Morgan fingerprint density at radius 1 is 1.23 bits per heavy atom. The minimum absolute atomic E-state index is 0.0267. The molecule has 0 N–H and O–H groups in total. The monoisotopic (exact) mass is 377 g/mol. The molecule has 2 rings (SSSR count). The van der Waals surface area contributed by atoms with Gasteiger partial charge in [0.05, 0.1) is 12.0 Å². The average Bonchev–Trinajstić information content (AvgIpc) is 3.08. The van der Waals surface area contributed by atoms with Crippen molar-refractivity contribution in [3.63, 3.8) is 0 Å². The molecular formula is C21H31NO3S. The minimum atomic E-state index is -0.490. The van der Waals surface area contributed by atoms with Gasteiger partial charge in [-0.25, -0.2) is 4.79 Å². The molecule has 2 atom stereocenters. The summed E-state index contributed by atoms with van der Waals surface area (Å²) in [5.41, 5.74) is 1.90. The fourth-order valence-electron chi connectivity index (χ4n) is 3.02. The van der Waals surface area contributed by atoms with Crippen LogP contribution in [0.3, 0.4) is 0 Å². The fourth-order valence-corrected chi connectivity index (χ4v) is 4.36. The highest BCUT2D eigenvalue weighted by atomic mass is 32.2. The second-order valence-corrected chi connectivity index (χ2v) is 8.46. The van der Waals surface area contributed by atoms with E-state index in [-0.39, 0.29) is 23.2 Å². The van der Waals surface area contributed by atoms with Crippen LogP contribution in [-0.2, 0) is 16.0 Å². The van der Waals surface area contributed by atoms with Crippen LogP contribution in [0.2, 0.25) is 0 Å². The highest BCUT2D eigenvalue weighted by Gasteiger charge is 2.42. The van der Waals surface area contributed by atoms with Gasteiger partial charge in [0.1, 0.15) is 6.04 Å². The summed E-state index contributed by atoms with van der Waals surface area (Å²) in [6, 6.07) is 7.34. The van der Waals surface area contributed by atoms with Crippen molar-refractivity contribution in [3.05, 3.63) is 35.4 Å². The van der Waals surface area contributed by atoms with Gasteiger partial charge >= 0.3 is 5.97 Å². The van der Waals surface area contributed by atoms with E-state index in [0.29, 0.717) is 17.9 Å². The number of rotatable bonds is 8. The Bertz CT molecular complexity index is 600. The van der Waals surface area contributed by atoms with Crippen molar-refractivity contribution in [2.75, 3.05) is 12.4 Å². The van der Waals surface area contributed by atoms with Crippen LogP contribution in [0.5, 0.6) is 0 Å². The van der Waals surface area contributed by atoms with Gasteiger partial charge < -0.3 is 9.64 Å². The summed E-state index contributed by atoms with van der Waals surface area (Å²) in [7, 11) is 0. The van der Waals surface area contributed by atoms with Crippen LogP contribution < -0.4 is 0 Å². The van der Waals surface area contributed by atoms with Crippen molar-refractivity contribution >= 4 is 23.6 Å². The molecule has 0 spiro atoms. The first-order chi connectivity index (χ1) is 12.5. The molecule has 144 valence electrons. The normalized spacial score (nSPS) is 19.8. The van der Waals surface area contributed by atoms with E-state index in [1.807, 2.05) is 45.0 Å². The SMILES string of the molecule is CCCCc1ccc(C(=O)N2C(CC)SCC2C(=O)OCC(C)C)cc1. The molecule has 26 heavy (non-hydrogen) atoms. The molecule has 4 nitrogen and oxygen atoms in total. The number of benzene rings is 1. The topological polar surface area (TPSA) is 46.6 Å². The molecular weight excluding hydrogens is 346 g/mol. The molecule has 1 heterocycles. The highest BCUT2D eigenvalue weighted by molar-refractivity contribution is 8.00. The lowest BCUT2D eigenvalue weighted by Crippen LogP contribution is -2.46. The van der Waals surface area contributed by atoms with Gasteiger partial charge in [-0.3, -0.25) is 4.79 Å². The molecule has 1 fully saturated rings. The molecule has 1 amide bonds. The van der Waals surface area contributed by atoms with Crippen LogP contribution in [0.15, 0.2) is 24.3 Å². The lowest BCUT2D eigenvalue weighted by molar-refractivity contribution is -0.149. The number of hydrogen-bond donors (Lipinski definition) is 0. The van der Waals surface area contributed by atoms with Gasteiger partial charge in [0.2, 0.25) is 0 Å². The van der Waals surface area contributed by atoms with Gasteiger partial charge in [-0.05, 0) is 42.9 Å². The molecule has 1 saturated heterocycles. The highest BCUT2D eigenvalue weighted by Crippen LogP contribution is 2.33. The van der Waals surface area contributed by atoms with Crippen molar-refractivity contribution in [3.8, 4) is 0 Å². The minimum Gasteiger partial charge on any atom is -0.464 e. The molecule has 0 radical (unpaired) electrons. The number of amides is 1. The quantitative estimate of drug-likeness (QED) is 0.625. The number of nitrogens with zero attached hydrogens (tertiary/aromatic N) is 1. The molecule has 0 aliphatic carbocycles. The van der Waals surface area contributed by atoms with Crippen LogP contribution >= 0.6 is 11.8 Å². The summed E-state index contributed by atoms with van der Waals surface area (Å²) >= 11 is 1.66. The van der Waals surface area contributed by atoms with Gasteiger partial charge in [0.15, 0.2) is 0 Å². The summed E-state index contributed by atoms with van der Waals surface area (Å²) in [5.74, 6) is 0.538.